The highest BCUT2D eigenvalue weighted by atomic mass is 16.5. The molecule has 6 rings (SSSR count). The van der Waals surface area contributed by atoms with E-state index in [0.717, 1.165) is 16.7 Å². The first kappa shape index (κ1) is 25.7. The number of benzene rings is 5. The second kappa shape index (κ2) is 12.1. The maximum atomic E-state index is 13.7. The number of anilines is 2. The van der Waals surface area contributed by atoms with Crippen molar-refractivity contribution in [1.82, 2.24) is 5.43 Å². The van der Waals surface area contributed by atoms with Gasteiger partial charge in [-0.2, -0.15) is 10.0 Å². The van der Waals surface area contributed by atoms with Crippen molar-refractivity contribution in [2.75, 3.05) is 10.0 Å². The monoisotopic (exact) mass is 539 g/mol. The minimum atomic E-state index is -0.402. The molecule has 5 aromatic carbocycles. The van der Waals surface area contributed by atoms with E-state index in [2.05, 4.69) is 10.5 Å². The molecule has 0 unspecified atom stereocenters. The van der Waals surface area contributed by atoms with Crippen molar-refractivity contribution >= 4 is 23.2 Å². The van der Waals surface area contributed by atoms with Crippen molar-refractivity contribution in [3.63, 3.8) is 0 Å². The number of rotatable bonds is 9. The normalized spacial score (nSPS) is 12.9. The molecule has 0 N–H and O–H groups in total. The fourth-order valence-electron chi connectivity index (χ4n) is 4.27. The molecule has 1 aliphatic rings. The molecule has 0 saturated heterocycles. The van der Waals surface area contributed by atoms with Crippen molar-refractivity contribution in [1.29, 1.82) is 0 Å². The molecule has 1 aliphatic heterocycles. The first-order chi connectivity index (χ1) is 20.2. The Morgan fingerprint density at radius 3 is 1.44 bits per heavy atom. The SMILES string of the molecule is O=C1N(c2ccc(OCc3ccccc3)cc2)[N]C(c2ccccc2)=NN1c1ccc(OCc2ccccc2)cc1. The van der Waals surface area contributed by atoms with Crippen LogP contribution < -0.4 is 24.9 Å². The summed E-state index contributed by atoms with van der Waals surface area (Å²) in [6.45, 7) is 0.910. The lowest BCUT2D eigenvalue weighted by atomic mass is 10.2. The van der Waals surface area contributed by atoms with Crippen LogP contribution in [-0.4, -0.2) is 11.9 Å². The average molecular weight is 540 g/mol. The predicted molar refractivity (Wildman–Crippen MR) is 160 cm³/mol. The largest absolute Gasteiger partial charge is 0.489 e. The van der Waals surface area contributed by atoms with Crippen LogP contribution in [0.4, 0.5) is 16.2 Å². The molecule has 1 heterocycles. The molecule has 201 valence electrons. The molecule has 0 saturated carbocycles. The summed E-state index contributed by atoms with van der Waals surface area (Å²) >= 11 is 0. The van der Waals surface area contributed by atoms with E-state index in [-0.39, 0.29) is 0 Å². The van der Waals surface area contributed by atoms with Gasteiger partial charge < -0.3 is 9.47 Å². The number of ether oxygens (including phenoxy) is 2. The van der Waals surface area contributed by atoms with Crippen LogP contribution in [-0.2, 0) is 13.2 Å². The lowest BCUT2D eigenvalue weighted by Crippen LogP contribution is -2.52. The van der Waals surface area contributed by atoms with Crippen molar-refractivity contribution < 1.29 is 14.3 Å². The maximum absolute atomic E-state index is 13.7. The van der Waals surface area contributed by atoms with Crippen LogP contribution in [0.2, 0.25) is 0 Å². The quantitative estimate of drug-likeness (QED) is 0.199. The number of hydrogen-bond acceptors (Lipinski definition) is 4. The van der Waals surface area contributed by atoms with Crippen LogP contribution in [0.1, 0.15) is 16.7 Å². The van der Waals surface area contributed by atoms with E-state index in [1.54, 1.807) is 0 Å². The summed E-state index contributed by atoms with van der Waals surface area (Å²) in [5.74, 6) is 1.81. The molecule has 0 spiro atoms. The summed E-state index contributed by atoms with van der Waals surface area (Å²) in [5, 5.41) is 7.32. The average Bonchev–Trinajstić information content (AvgIpc) is 3.05. The van der Waals surface area contributed by atoms with Gasteiger partial charge in [-0.15, -0.1) is 10.5 Å². The molecule has 0 aliphatic carbocycles. The van der Waals surface area contributed by atoms with Crippen molar-refractivity contribution in [3.8, 4) is 11.5 Å². The molecule has 1 radical (unpaired) electrons. The Balaban J connectivity index is 1.22. The van der Waals surface area contributed by atoms with E-state index in [0.29, 0.717) is 41.9 Å². The van der Waals surface area contributed by atoms with E-state index in [4.69, 9.17) is 9.47 Å². The summed E-state index contributed by atoms with van der Waals surface area (Å²) in [4.78, 5) is 13.7. The summed E-state index contributed by atoms with van der Waals surface area (Å²) in [6.07, 6.45) is 0. The predicted octanol–water partition coefficient (Wildman–Crippen LogP) is 7.17. The highest BCUT2D eigenvalue weighted by Crippen LogP contribution is 2.28. The molecular weight excluding hydrogens is 512 g/mol. The first-order valence-electron chi connectivity index (χ1n) is 13.3. The maximum Gasteiger partial charge on any atom is 0.370 e. The third-order valence-corrected chi connectivity index (χ3v) is 6.44. The van der Waals surface area contributed by atoms with Crippen molar-refractivity contribution in [3.05, 3.63) is 156 Å². The summed E-state index contributed by atoms with van der Waals surface area (Å²) in [6, 6.07) is 43.7. The number of urea groups is 1. The molecule has 7 nitrogen and oxygen atoms in total. The Bertz CT molecular complexity index is 1610. The van der Waals surface area contributed by atoms with Crippen LogP contribution in [0.5, 0.6) is 11.5 Å². The molecule has 0 bridgehead atoms. The Kier molecular flexibility index (Phi) is 7.58. The van der Waals surface area contributed by atoms with Crippen LogP contribution in [0, 0.1) is 0 Å². The Hall–Kier alpha value is -5.56. The molecule has 5 aromatic rings. The summed E-state index contributed by atoms with van der Waals surface area (Å²) in [7, 11) is 0. The third kappa shape index (κ3) is 6.20. The third-order valence-electron chi connectivity index (χ3n) is 6.44. The van der Waals surface area contributed by atoms with Crippen LogP contribution in [0.3, 0.4) is 0 Å². The molecular formula is C34H27N4O3. The second-order valence-electron chi connectivity index (χ2n) is 9.33. The van der Waals surface area contributed by atoms with Crippen molar-refractivity contribution in [2.24, 2.45) is 5.10 Å². The van der Waals surface area contributed by atoms with Gasteiger partial charge in [0.1, 0.15) is 24.7 Å². The number of carbonyl (C=O) groups excluding carboxylic acids is 1. The standard InChI is InChI=1S/C34H27N4O3/c39-34-37(29-16-20-31(21-17-29)40-24-26-10-4-1-5-11-26)35-33(28-14-8-3-9-15-28)36-38(34)30-18-22-32(23-19-30)41-25-27-12-6-2-7-13-27/h1-23H,24-25H2. The Morgan fingerprint density at radius 1 is 0.512 bits per heavy atom. The molecule has 7 heteroatoms. The van der Waals surface area contributed by atoms with Crippen LogP contribution >= 0.6 is 0 Å². The highest BCUT2D eigenvalue weighted by molar-refractivity contribution is 6.12. The topological polar surface area (TPSA) is 68.5 Å². The van der Waals surface area contributed by atoms with Gasteiger partial charge in [0.25, 0.3) is 0 Å². The van der Waals surface area contributed by atoms with Gasteiger partial charge in [0, 0.05) is 5.56 Å². The lowest BCUT2D eigenvalue weighted by molar-refractivity contribution is 0.249. The summed E-state index contributed by atoms with van der Waals surface area (Å²) < 4.78 is 11.8. The molecule has 41 heavy (non-hydrogen) atoms. The number of hydrogen-bond donors (Lipinski definition) is 0. The minimum Gasteiger partial charge on any atom is -0.489 e. The molecule has 0 atom stereocenters. The van der Waals surface area contributed by atoms with Crippen LogP contribution in [0.25, 0.3) is 0 Å². The van der Waals surface area contributed by atoms with Gasteiger partial charge in [0.15, 0.2) is 5.84 Å². The van der Waals surface area contributed by atoms with Gasteiger partial charge in [-0.25, -0.2) is 4.79 Å². The molecule has 0 fully saturated rings. The van der Waals surface area contributed by atoms with E-state index >= 15 is 0 Å². The first-order valence-corrected chi connectivity index (χ1v) is 13.3. The van der Waals surface area contributed by atoms with E-state index in [1.165, 1.54) is 10.0 Å². The van der Waals surface area contributed by atoms with E-state index in [9.17, 15) is 4.79 Å². The summed E-state index contributed by atoms with van der Waals surface area (Å²) in [5.41, 5.74) is 8.75. The zero-order valence-electron chi connectivity index (χ0n) is 22.2. The Labute approximate surface area is 238 Å². The van der Waals surface area contributed by atoms with Gasteiger partial charge in [0.05, 0.1) is 11.4 Å². The highest BCUT2D eigenvalue weighted by Gasteiger charge is 2.32. The van der Waals surface area contributed by atoms with Crippen LogP contribution in [0.15, 0.2) is 145 Å². The number of amides is 2. The smallest absolute Gasteiger partial charge is 0.370 e. The fourth-order valence-corrected chi connectivity index (χ4v) is 4.27. The lowest BCUT2D eigenvalue weighted by Gasteiger charge is -2.31. The second-order valence-corrected chi connectivity index (χ2v) is 9.33. The van der Waals surface area contributed by atoms with Gasteiger partial charge >= 0.3 is 6.03 Å². The van der Waals surface area contributed by atoms with Gasteiger partial charge in [-0.1, -0.05) is 91.0 Å². The molecule has 2 amide bonds. The molecule has 0 aromatic heterocycles. The van der Waals surface area contributed by atoms with E-state index in [1.807, 2.05) is 140 Å². The number of amidine groups is 1. The van der Waals surface area contributed by atoms with Crippen molar-refractivity contribution in [2.45, 2.75) is 13.2 Å². The zero-order valence-corrected chi connectivity index (χ0v) is 22.2. The Morgan fingerprint density at radius 2 is 0.951 bits per heavy atom. The minimum absolute atomic E-state index is 0.402. The zero-order chi connectivity index (χ0) is 27.9. The number of hydrazone groups is 1. The van der Waals surface area contributed by atoms with Gasteiger partial charge in [0.2, 0.25) is 0 Å². The number of nitrogens with zero attached hydrogens (tertiary/aromatic N) is 4. The van der Waals surface area contributed by atoms with Gasteiger partial charge in [-0.3, -0.25) is 0 Å². The number of carbonyl (C=O) groups is 1. The van der Waals surface area contributed by atoms with Gasteiger partial charge in [-0.05, 0) is 59.7 Å². The fraction of sp³-hybridized carbons (Fsp3) is 0.0588. The van der Waals surface area contributed by atoms with E-state index < -0.39 is 6.03 Å².